The fourth-order valence-corrected chi connectivity index (χ4v) is 4.27. The van der Waals surface area contributed by atoms with Gasteiger partial charge in [-0.05, 0) is 52.4 Å². The van der Waals surface area contributed by atoms with Crippen molar-refractivity contribution in [2.24, 2.45) is 5.73 Å². The van der Waals surface area contributed by atoms with E-state index in [9.17, 15) is 0 Å². The minimum Gasteiger partial charge on any atom is -0.327 e. The zero-order valence-corrected chi connectivity index (χ0v) is 13.4. The molecule has 2 N–H and O–H groups in total. The van der Waals surface area contributed by atoms with Crippen LogP contribution in [0, 0.1) is 6.92 Å². The number of hydrogen-bond donors (Lipinski definition) is 1. The summed E-state index contributed by atoms with van der Waals surface area (Å²) in [6.07, 6.45) is 0.942. The Morgan fingerprint density at radius 2 is 2.11 bits per heavy atom. The second-order valence-corrected chi connectivity index (χ2v) is 7.15. The summed E-state index contributed by atoms with van der Waals surface area (Å²) in [4.78, 5) is 2.67. The van der Waals surface area contributed by atoms with Gasteiger partial charge in [-0.3, -0.25) is 0 Å². The molecule has 1 nitrogen and oxygen atoms in total. The second kappa shape index (κ2) is 6.75. The monoisotopic (exact) mass is 341 g/mol. The highest BCUT2D eigenvalue weighted by atomic mass is 79.9. The summed E-state index contributed by atoms with van der Waals surface area (Å²) in [7, 11) is 0. The Bertz CT molecular complexity index is 510. The van der Waals surface area contributed by atoms with E-state index in [1.807, 2.05) is 11.8 Å². The van der Waals surface area contributed by atoms with Crippen molar-refractivity contribution in [1.29, 1.82) is 0 Å². The fraction of sp³-hybridized carbons (Fsp3) is 0.286. The first kappa shape index (κ1) is 14.1. The third-order valence-electron chi connectivity index (χ3n) is 2.69. The quantitative estimate of drug-likeness (QED) is 0.811. The van der Waals surface area contributed by atoms with E-state index < -0.39 is 0 Å². The van der Waals surface area contributed by atoms with Gasteiger partial charge in [0, 0.05) is 26.0 Å². The molecule has 4 heteroatoms. The van der Waals surface area contributed by atoms with Crippen molar-refractivity contribution >= 4 is 39.0 Å². The highest BCUT2D eigenvalue weighted by molar-refractivity contribution is 9.10. The largest absolute Gasteiger partial charge is 0.327 e. The zero-order chi connectivity index (χ0) is 13.0. The molecule has 0 radical (unpaired) electrons. The van der Waals surface area contributed by atoms with Crippen molar-refractivity contribution in [2.75, 3.05) is 5.75 Å². The van der Waals surface area contributed by atoms with Gasteiger partial charge < -0.3 is 5.73 Å². The molecule has 0 saturated heterocycles. The van der Waals surface area contributed by atoms with Crippen LogP contribution < -0.4 is 5.73 Å². The molecule has 96 valence electrons. The first-order valence-electron chi connectivity index (χ1n) is 5.82. The lowest BCUT2D eigenvalue weighted by molar-refractivity contribution is 0.755. The van der Waals surface area contributed by atoms with Gasteiger partial charge in [0.1, 0.15) is 0 Å². The topological polar surface area (TPSA) is 26.0 Å². The predicted molar refractivity (Wildman–Crippen MR) is 85.6 cm³/mol. The highest BCUT2D eigenvalue weighted by Crippen LogP contribution is 2.26. The molecule has 1 heterocycles. The van der Waals surface area contributed by atoms with Crippen LogP contribution in [-0.4, -0.2) is 11.8 Å². The van der Waals surface area contributed by atoms with Crippen LogP contribution in [0.4, 0.5) is 0 Å². The highest BCUT2D eigenvalue weighted by Gasteiger charge is 2.09. The van der Waals surface area contributed by atoms with Gasteiger partial charge in [0.05, 0.1) is 0 Å². The van der Waals surface area contributed by atoms with Crippen molar-refractivity contribution in [1.82, 2.24) is 0 Å². The molecule has 0 spiro atoms. The molecule has 2 rings (SSSR count). The number of rotatable bonds is 5. The lowest BCUT2D eigenvalue weighted by atomic mass is 10.2. The number of benzene rings is 1. The Kier molecular flexibility index (Phi) is 5.30. The number of hydrogen-bond acceptors (Lipinski definition) is 3. The SMILES string of the molecule is Cc1ccccc1SCC(N)Cc1sccc1Br. The van der Waals surface area contributed by atoms with E-state index in [1.54, 1.807) is 11.3 Å². The lowest BCUT2D eigenvalue weighted by Crippen LogP contribution is -2.25. The van der Waals surface area contributed by atoms with E-state index in [2.05, 4.69) is 58.6 Å². The van der Waals surface area contributed by atoms with E-state index in [4.69, 9.17) is 5.73 Å². The summed E-state index contributed by atoms with van der Waals surface area (Å²) in [6, 6.07) is 10.7. The molecule has 0 aliphatic rings. The first-order chi connectivity index (χ1) is 8.66. The number of halogens is 1. The second-order valence-electron chi connectivity index (χ2n) is 4.23. The van der Waals surface area contributed by atoms with Gasteiger partial charge >= 0.3 is 0 Å². The molecule has 0 aliphatic heterocycles. The third kappa shape index (κ3) is 3.85. The molecule has 1 unspecified atom stereocenters. The van der Waals surface area contributed by atoms with Gasteiger partial charge in [0.25, 0.3) is 0 Å². The summed E-state index contributed by atoms with van der Waals surface area (Å²) in [6.45, 7) is 2.14. The van der Waals surface area contributed by atoms with Crippen molar-refractivity contribution in [3.63, 3.8) is 0 Å². The Balaban J connectivity index is 1.87. The van der Waals surface area contributed by atoms with Crippen LogP contribution in [0.1, 0.15) is 10.4 Å². The average Bonchev–Trinajstić information content (AvgIpc) is 2.74. The summed E-state index contributed by atoms with van der Waals surface area (Å²) in [5.41, 5.74) is 7.52. The Hall–Kier alpha value is -0.290. The molecule has 2 aromatic rings. The maximum atomic E-state index is 6.20. The number of aryl methyl sites for hydroxylation is 1. The van der Waals surface area contributed by atoms with Crippen LogP contribution in [0.25, 0.3) is 0 Å². The van der Waals surface area contributed by atoms with Crippen molar-refractivity contribution in [3.05, 3.63) is 50.6 Å². The lowest BCUT2D eigenvalue weighted by Gasteiger charge is -2.11. The zero-order valence-electron chi connectivity index (χ0n) is 10.2. The minimum atomic E-state index is 0.199. The smallest absolute Gasteiger partial charge is 0.0314 e. The minimum absolute atomic E-state index is 0.199. The molecule has 1 atom stereocenters. The van der Waals surface area contributed by atoms with Crippen molar-refractivity contribution in [3.8, 4) is 0 Å². The summed E-state index contributed by atoms with van der Waals surface area (Å²) >= 11 is 7.16. The molecule has 0 bridgehead atoms. The molecule has 0 saturated carbocycles. The van der Waals surface area contributed by atoms with E-state index in [-0.39, 0.29) is 6.04 Å². The van der Waals surface area contributed by atoms with Crippen LogP contribution in [0.5, 0.6) is 0 Å². The number of nitrogens with two attached hydrogens (primary N) is 1. The standard InChI is InChI=1S/C14H16BrNS2/c1-10-4-2-3-5-13(10)18-9-11(16)8-14-12(15)6-7-17-14/h2-7,11H,8-9,16H2,1H3. The normalized spacial score (nSPS) is 12.6. The molecule has 0 aliphatic carbocycles. The van der Waals surface area contributed by atoms with Gasteiger partial charge in [-0.25, -0.2) is 0 Å². The van der Waals surface area contributed by atoms with E-state index in [1.165, 1.54) is 19.8 Å². The Morgan fingerprint density at radius 3 is 2.78 bits per heavy atom. The van der Waals surface area contributed by atoms with E-state index >= 15 is 0 Å². The van der Waals surface area contributed by atoms with E-state index in [0.717, 1.165) is 12.2 Å². The molecule has 18 heavy (non-hydrogen) atoms. The molecule has 1 aromatic carbocycles. The van der Waals surface area contributed by atoms with Crippen LogP contribution in [-0.2, 0) is 6.42 Å². The Labute approximate surface area is 125 Å². The van der Waals surface area contributed by atoms with Crippen molar-refractivity contribution < 1.29 is 0 Å². The molecular weight excluding hydrogens is 326 g/mol. The molecule has 0 amide bonds. The number of thioether (sulfide) groups is 1. The number of thiophene rings is 1. The maximum absolute atomic E-state index is 6.20. The average molecular weight is 342 g/mol. The van der Waals surface area contributed by atoms with Crippen LogP contribution in [0.2, 0.25) is 0 Å². The molecule has 1 aromatic heterocycles. The fourth-order valence-electron chi connectivity index (χ4n) is 1.68. The summed E-state index contributed by atoms with van der Waals surface area (Å²) in [5, 5.41) is 2.10. The summed E-state index contributed by atoms with van der Waals surface area (Å²) < 4.78 is 1.18. The first-order valence-corrected chi connectivity index (χ1v) is 8.48. The Morgan fingerprint density at radius 1 is 1.33 bits per heavy atom. The van der Waals surface area contributed by atoms with Crippen molar-refractivity contribution in [2.45, 2.75) is 24.3 Å². The van der Waals surface area contributed by atoms with Gasteiger partial charge in [-0.1, -0.05) is 18.2 Å². The van der Waals surface area contributed by atoms with Gasteiger partial charge in [0.15, 0.2) is 0 Å². The summed E-state index contributed by atoms with van der Waals surface area (Å²) in [5.74, 6) is 0.954. The molecule has 0 fully saturated rings. The third-order valence-corrected chi connectivity index (χ3v) is 6.00. The van der Waals surface area contributed by atoms with Gasteiger partial charge in [0.2, 0.25) is 0 Å². The van der Waals surface area contributed by atoms with Crippen LogP contribution >= 0.6 is 39.0 Å². The van der Waals surface area contributed by atoms with Gasteiger partial charge in [-0.2, -0.15) is 0 Å². The van der Waals surface area contributed by atoms with E-state index in [0.29, 0.717) is 0 Å². The maximum Gasteiger partial charge on any atom is 0.0314 e. The van der Waals surface area contributed by atoms with Gasteiger partial charge in [-0.15, -0.1) is 23.1 Å². The van der Waals surface area contributed by atoms with Crippen LogP contribution in [0.15, 0.2) is 45.1 Å². The predicted octanol–water partition coefficient (Wildman–Crippen LogP) is 4.48. The van der Waals surface area contributed by atoms with Crippen LogP contribution in [0.3, 0.4) is 0 Å². The molecular formula is C14H16BrNS2.